The Bertz CT molecular complexity index is 889. The fourth-order valence-electron chi connectivity index (χ4n) is 2.62. The van der Waals surface area contributed by atoms with Gasteiger partial charge < -0.3 is 9.88 Å². The maximum absolute atomic E-state index is 13.4. The van der Waals surface area contributed by atoms with Gasteiger partial charge in [-0.2, -0.15) is 0 Å². The van der Waals surface area contributed by atoms with Crippen LogP contribution in [0.5, 0.6) is 0 Å². The van der Waals surface area contributed by atoms with Gasteiger partial charge in [0.25, 0.3) is 0 Å². The molecule has 124 valence electrons. The van der Waals surface area contributed by atoms with Crippen LogP contribution in [-0.2, 0) is 17.8 Å². The van der Waals surface area contributed by atoms with Crippen molar-refractivity contribution in [1.82, 2.24) is 14.9 Å². The van der Waals surface area contributed by atoms with Crippen molar-refractivity contribution in [2.75, 3.05) is 6.54 Å². The minimum absolute atomic E-state index is 0.00927. The van der Waals surface area contributed by atoms with Gasteiger partial charge in [0.15, 0.2) is 11.6 Å². The van der Waals surface area contributed by atoms with Crippen LogP contribution in [0.3, 0.4) is 0 Å². The van der Waals surface area contributed by atoms with Crippen molar-refractivity contribution < 1.29 is 13.6 Å². The van der Waals surface area contributed by atoms with Crippen molar-refractivity contribution in [3.63, 3.8) is 0 Å². The second kappa shape index (κ2) is 6.78. The molecular weight excluding hydrogens is 312 g/mol. The van der Waals surface area contributed by atoms with Gasteiger partial charge in [0, 0.05) is 18.7 Å². The number of carbonyl (C=O) groups is 1. The molecule has 0 radical (unpaired) electrons. The van der Waals surface area contributed by atoms with Crippen molar-refractivity contribution in [1.29, 1.82) is 0 Å². The van der Waals surface area contributed by atoms with E-state index in [1.165, 1.54) is 22.0 Å². The zero-order chi connectivity index (χ0) is 17.1. The van der Waals surface area contributed by atoms with Crippen molar-refractivity contribution in [2.24, 2.45) is 0 Å². The van der Waals surface area contributed by atoms with E-state index in [2.05, 4.69) is 10.3 Å². The Labute approximate surface area is 138 Å². The first kappa shape index (κ1) is 16.1. The Hall–Kier alpha value is -2.76. The molecule has 6 heteroatoms. The van der Waals surface area contributed by atoms with Gasteiger partial charge in [-0.3, -0.25) is 4.79 Å². The normalized spacial score (nSPS) is 11.0. The van der Waals surface area contributed by atoms with Crippen LogP contribution in [0.2, 0.25) is 0 Å². The minimum atomic E-state index is -0.954. The summed E-state index contributed by atoms with van der Waals surface area (Å²) in [6.07, 6.45) is 2.15. The highest BCUT2D eigenvalue weighted by Gasteiger charge is 2.11. The summed E-state index contributed by atoms with van der Waals surface area (Å²) in [7, 11) is 0. The number of carbonyl (C=O) groups excluding carboxylic acids is 1. The third-order valence-corrected chi connectivity index (χ3v) is 3.95. The van der Waals surface area contributed by atoms with E-state index in [9.17, 15) is 13.6 Å². The lowest BCUT2D eigenvalue weighted by molar-refractivity contribution is -0.121. The summed E-state index contributed by atoms with van der Waals surface area (Å²) in [4.78, 5) is 16.0. The average molecular weight is 329 g/mol. The number of aryl methyl sites for hydroxylation is 1. The molecule has 0 aliphatic heterocycles. The predicted molar refractivity (Wildman–Crippen MR) is 87.5 cm³/mol. The van der Waals surface area contributed by atoms with Crippen molar-refractivity contribution in [3.05, 3.63) is 65.5 Å². The van der Waals surface area contributed by atoms with Gasteiger partial charge in [0.1, 0.15) is 6.54 Å². The van der Waals surface area contributed by atoms with E-state index in [1.54, 1.807) is 0 Å². The Kier molecular flexibility index (Phi) is 4.55. The molecule has 24 heavy (non-hydrogen) atoms. The molecule has 1 heterocycles. The molecule has 0 bridgehead atoms. The highest BCUT2D eigenvalue weighted by molar-refractivity contribution is 5.80. The SMILES string of the molecule is Cc1ccccc1CCNC(=O)Cn1cnc2cc(F)c(F)cc21. The predicted octanol–water partition coefficient (Wildman–Crippen LogP) is 2.98. The Balaban J connectivity index is 1.61. The number of amides is 1. The number of imidazole rings is 1. The van der Waals surface area contributed by atoms with Crippen molar-refractivity contribution in [2.45, 2.75) is 19.9 Å². The molecule has 0 unspecified atom stereocenters. The molecule has 3 rings (SSSR count). The summed E-state index contributed by atoms with van der Waals surface area (Å²) in [5.41, 5.74) is 3.08. The number of hydrogen-bond acceptors (Lipinski definition) is 2. The van der Waals surface area contributed by atoms with Gasteiger partial charge in [-0.25, -0.2) is 13.8 Å². The van der Waals surface area contributed by atoms with E-state index in [0.29, 0.717) is 17.6 Å². The summed E-state index contributed by atoms with van der Waals surface area (Å²) in [5, 5.41) is 2.83. The van der Waals surface area contributed by atoms with Crippen LogP contribution in [-0.4, -0.2) is 22.0 Å². The van der Waals surface area contributed by atoms with E-state index in [4.69, 9.17) is 0 Å². The maximum atomic E-state index is 13.4. The van der Waals surface area contributed by atoms with Crippen LogP contribution in [0.4, 0.5) is 8.78 Å². The minimum Gasteiger partial charge on any atom is -0.354 e. The summed E-state index contributed by atoms with van der Waals surface area (Å²) < 4.78 is 28.0. The molecule has 0 aliphatic carbocycles. The fourth-order valence-corrected chi connectivity index (χ4v) is 2.62. The summed E-state index contributed by atoms with van der Waals surface area (Å²) in [5.74, 6) is -2.10. The van der Waals surface area contributed by atoms with Gasteiger partial charge >= 0.3 is 0 Å². The standard InChI is InChI=1S/C18H17F2N3O/c1-12-4-2-3-5-13(12)6-7-21-18(24)10-23-11-22-16-8-14(19)15(20)9-17(16)23/h2-5,8-9,11H,6-7,10H2,1H3,(H,21,24). The molecule has 0 saturated carbocycles. The van der Waals surface area contributed by atoms with E-state index < -0.39 is 11.6 Å². The van der Waals surface area contributed by atoms with Crippen LogP contribution >= 0.6 is 0 Å². The molecule has 1 amide bonds. The molecule has 1 aromatic heterocycles. The lowest BCUT2D eigenvalue weighted by Gasteiger charge is -2.08. The molecule has 0 saturated heterocycles. The molecule has 0 aliphatic rings. The molecular formula is C18H17F2N3O. The highest BCUT2D eigenvalue weighted by atomic mass is 19.2. The van der Waals surface area contributed by atoms with Crippen LogP contribution in [0.15, 0.2) is 42.7 Å². The number of hydrogen-bond donors (Lipinski definition) is 1. The lowest BCUT2D eigenvalue weighted by Crippen LogP contribution is -2.29. The largest absolute Gasteiger partial charge is 0.354 e. The van der Waals surface area contributed by atoms with Crippen LogP contribution < -0.4 is 5.32 Å². The van der Waals surface area contributed by atoms with Gasteiger partial charge in [-0.1, -0.05) is 24.3 Å². The third-order valence-electron chi connectivity index (χ3n) is 3.95. The maximum Gasteiger partial charge on any atom is 0.240 e. The second-order valence-corrected chi connectivity index (χ2v) is 5.65. The van der Waals surface area contributed by atoms with Gasteiger partial charge in [-0.05, 0) is 24.5 Å². The highest BCUT2D eigenvalue weighted by Crippen LogP contribution is 2.17. The first-order valence-electron chi connectivity index (χ1n) is 7.65. The number of halogens is 2. The monoisotopic (exact) mass is 329 g/mol. The summed E-state index contributed by atoms with van der Waals surface area (Å²) in [6.45, 7) is 2.55. The van der Waals surface area contributed by atoms with E-state index in [1.807, 2.05) is 31.2 Å². The fraction of sp³-hybridized carbons (Fsp3) is 0.222. The van der Waals surface area contributed by atoms with Crippen molar-refractivity contribution in [3.8, 4) is 0 Å². The molecule has 1 N–H and O–H groups in total. The number of aromatic nitrogens is 2. The summed E-state index contributed by atoms with van der Waals surface area (Å²) in [6, 6.07) is 10.1. The second-order valence-electron chi connectivity index (χ2n) is 5.65. The number of rotatable bonds is 5. The zero-order valence-electron chi connectivity index (χ0n) is 13.2. The van der Waals surface area contributed by atoms with Crippen LogP contribution in [0, 0.1) is 18.6 Å². The number of benzene rings is 2. The molecule has 0 atom stereocenters. The van der Waals surface area contributed by atoms with Crippen molar-refractivity contribution >= 4 is 16.9 Å². The van der Waals surface area contributed by atoms with Crippen LogP contribution in [0.25, 0.3) is 11.0 Å². The average Bonchev–Trinajstić information content (AvgIpc) is 2.92. The number of nitrogens with zero attached hydrogens (tertiary/aromatic N) is 2. The zero-order valence-corrected chi connectivity index (χ0v) is 13.2. The van der Waals surface area contributed by atoms with E-state index in [0.717, 1.165) is 18.6 Å². The summed E-state index contributed by atoms with van der Waals surface area (Å²) >= 11 is 0. The topological polar surface area (TPSA) is 46.9 Å². The first-order chi connectivity index (χ1) is 11.5. The Morgan fingerprint density at radius 1 is 1.21 bits per heavy atom. The quantitative estimate of drug-likeness (QED) is 0.782. The molecule has 3 aromatic rings. The number of fused-ring (bicyclic) bond motifs is 1. The van der Waals surface area contributed by atoms with Gasteiger partial charge in [0.05, 0.1) is 17.4 Å². The number of nitrogens with one attached hydrogen (secondary N) is 1. The lowest BCUT2D eigenvalue weighted by atomic mass is 10.1. The van der Waals surface area contributed by atoms with Gasteiger partial charge in [-0.15, -0.1) is 0 Å². The van der Waals surface area contributed by atoms with E-state index in [-0.39, 0.29) is 12.5 Å². The molecule has 4 nitrogen and oxygen atoms in total. The van der Waals surface area contributed by atoms with E-state index >= 15 is 0 Å². The molecule has 2 aromatic carbocycles. The first-order valence-corrected chi connectivity index (χ1v) is 7.65. The molecule has 0 spiro atoms. The third kappa shape index (κ3) is 3.42. The Morgan fingerprint density at radius 2 is 1.96 bits per heavy atom. The molecule has 0 fully saturated rings. The smallest absolute Gasteiger partial charge is 0.240 e. The van der Waals surface area contributed by atoms with Crippen LogP contribution in [0.1, 0.15) is 11.1 Å². The Morgan fingerprint density at radius 3 is 2.75 bits per heavy atom. The van der Waals surface area contributed by atoms with Gasteiger partial charge in [0.2, 0.25) is 5.91 Å².